The predicted octanol–water partition coefficient (Wildman–Crippen LogP) is 2.55. The maximum atomic E-state index is 11.9. The van der Waals surface area contributed by atoms with Crippen molar-refractivity contribution in [1.29, 1.82) is 0 Å². The molecule has 0 spiro atoms. The average Bonchev–Trinajstić information content (AvgIpc) is 2.73. The maximum Gasteiger partial charge on any atom is 0.261 e. The van der Waals surface area contributed by atoms with Gasteiger partial charge in [-0.2, -0.15) is 4.98 Å². The molecule has 1 aromatic carbocycles. The van der Waals surface area contributed by atoms with Gasteiger partial charge in [0.25, 0.3) is 5.91 Å². The summed E-state index contributed by atoms with van der Waals surface area (Å²) in [5.74, 6) is 1.37. The summed E-state index contributed by atoms with van der Waals surface area (Å²) in [5, 5.41) is 3.05. The standard InChI is InChI=1S/C16H17ClN4O3/c17-13-9-14(21-16(18)20-13)24-11-6-4-10(5-7-11)23-12-3-1-2-8-19-15(12)22/h4-7,9,12H,1-3,8H2,(H,19,22)(H2,18,20,21). The second-order valence-corrected chi connectivity index (χ2v) is 5.74. The van der Waals surface area contributed by atoms with Crippen LogP contribution in [0.2, 0.25) is 5.15 Å². The SMILES string of the molecule is Nc1nc(Cl)cc(Oc2ccc(OC3CCCCNC3=O)cc2)n1. The van der Waals surface area contributed by atoms with Crippen molar-refractivity contribution in [2.75, 3.05) is 12.3 Å². The second kappa shape index (κ2) is 7.35. The summed E-state index contributed by atoms with van der Waals surface area (Å²) in [6.45, 7) is 0.704. The van der Waals surface area contributed by atoms with E-state index in [-0.39, 0.29) is 22.9 Å². The van der Waals surface area contributed by atoms with E-state index in [9.17, 15) is 4.79 Å². The molecule has 8 heteroatoms. The van der Waals surface area contributed by atoms with Crippen molar-refractivity contribution in [3.63, 3.8) is 0 Å². The first-order chi connectivity index (χ1) is 11.6. The molecule has 0 radical (unpaired) electrons. The Labute approximate surface area is 144 Å². The van der Waals surface area contributed by atoms with E-state index >= 15 is 0 Å². The third kappa shape index (κ3) is 4.26. The number of halogens is 1. The molecule has 1 aliphatic rings. The molecule has 3 N–H and O–H groups in total. The number of nitrogens with zero attached hydrogens (tertiary/aromatic N) is 2. The van der Waals surface area contributed by atoms with E-state index < -0.39 is 6.10 Å². The van der Waals surface area contributed by atoms with Crippen molar-refractivity contribution in [2.24, 2.45) is 0 Å². The summed E-state index contributed by atoms with van der Waals surface area (Å²) in [4.78, 5) is 19.6. The average molecular weight is 349 g/mol. The summed E-state index contributed by atoms with van der Waals surface area (Å²) >= 11 is 5.81. The minimum Gasteiger partial charge on any atom is -0.481 e. The Hall–Kier alpha value is -2.54. The molecule has 2 heterocycles. The fraction of sp³-hybridized carbons (Fsp3) is 0.312. The fourth-order valence-corrected chi connectivity index (χ4v) is 2.54. The number of carbonyl (C=O) groups is 1. The van der Waals surface area contributed by atoms with E-state index in [2.05, 4.69) is 15.3 Å². The van der Waals surface area contributed by atoms with Crippen LogP contribution in [0.1, 0.15) is 19.3 Å². The molecule has 1 aromatic heterocycles. The van der Waals surface area contributed by atoms with E-state index in [0.717, 1.165) is 12.8 Å². The number of nitrogens with one attached hydrogen (secondary N) is 1. The zero-order chi connectivity index (χ0) is 16.9. The van der Waals surface area contributed by atoms with Gasteiger partial charge in [0.05, 0.1) is 0 Å². The van der Waals surface area contributed by atoms with Crippen LogP contribution >= 0.6 is 11.6 Å². The van der Waals surface area contributed by atoms with Gasteiger partial charge in [-0.25, -0.2) is 4.98 Å². The maximum absolute atomic E-state index is 11.9. The quantitative estimate of drug-likeness (QED) is 0.824. The van der Waals surface area contributed by atoms with Gasteiger partial charge < -0.3 is 20.5 Å². The molecule has 0 aliphatic carbocycles. The minimum absolute atomic E-state index is 0.0387. The zero-order valence-electron chi connectivity index (χ0n) is 12.9. The van der Waals surface area contributed by atoms with Crippen LogP contribution in [-0.4, -0.2) is 28.5 Å². The molecule has 0 saturated carbocycles. The molecule has 0 bridgehead atoms. The van der Waals surface area contributed by atoms with Gasteiger partial charge in [-0.1, -0.05) is 11.6 Å². The van der Waals surface area contributed by atoms with Crippen molar-refractivity contribution in [2.45, 2.75) is 25.4 Å². The van der Waals surface area contributed by atoms with Crippen LogP contribution < -0.4 is 20.5 Å². The van der Waals surface area contributed by atoms with E-state index in [0.29, 0.717) is 24.5 Å². The van der Waals surface area contributed by atoms with Gasteiger partial charge in [-0.15, -0.1) is 0 Å². The van der Waals surface area contributed by atoms with Crippen LogP contribution in [0.4, 0.5) is 5.95 Å². The molecule has 1 aliphatic heterocycles. The van der Waals surface area contributed by atoms with Gasteiger partial charge in [-0.05, 0) is 43.5 Å². The summed E-state index contributed by atoms with van der Waals surface area (Å²) < 4.78 is 11.3. The molecule has 7 nitrogen and oxygen atoms in total. The van der Waals surface area contributed by atoms with E-state index in [1.807, 2.05) is 0 Å². The first-order valence-corrected chi connectivity index (χ1v) is 8.00. The Morgan fingerprint density at radius 3 is 2.67 bits per heavy atom. The molecule has 1 amide bonds. The van der Waals surface area contributed by atoms with Crippen molar-refractivity contribution >= 4 is 23.5 Å². The zero-order valence-corrected chi connectivity index (χ0v) is 13.6. The predicted molar refractivity (Wildman–Crippen MR) is 89.2 cm³/mol. The molecule has 1 atom stereocenters. The lowest BCUT2D eigenvalue weighted by Crippen LogP contribution is -2.36. The van der Waals surface area contributed by atoms with Gasteiger partial charge >= 0.3 is 0 Å². The lowest BCUT2D eigenvalue weighted by molar-refractivity contribution is -0.127. The van der Waals surface area contributed by atoms with Crippen molar-refractivity contribution < 1.29 is 14.3 Å². The number of rotatable bonds is 4. The van der Waals surface area contributed by atoms with Gasteiger partial charge in [-0.3, -0.25) is 4.79 Å². The largest absolute Gasteiger partial charge is 0.481 e. The summed E-state index contributed by atoms with van der Waals surface area (Å²) in [7, 11) is 0. The van der Waals surface area contributed by atoms with Gasteiger partial charge in [0, 0.05) is 12.6 Å². The number of hydrogen-bond donors (Lipinski definition) is 2. The number of anilines is 1. The molecule has 1 fully saturated rings. The second-order valence-electron chi connectivity index (χ2n) is 5.35. The normalized spacial score (nSPS) is 17.7. The molecular formula is C16H17ClN4O3. The van der Waals surface area contributed by atoms with Crippen molar-refractivity contribution in [1.82, 2.24) is 15.3 Å². The van der Waals surface area contributed by atoms with Crippen molar-refractivity contribution in [3.05, 3.63) is 35.5 Å². The monoisotopic (exact) mass is 348 g/mol. The highest BCUT2D eigenvalue weighted by molar-refractivity contribution is 6.29. The molecule has 126 valence electrons. The lowest BCUT2D eigenvalue weighted by atomic mass is 10.2. The van der Waals surface area contributed by atoms with Gasteiger partial charge in [0.1, 0.15) is 16.7 Å². The topological polar surface area (TPSA) is 99.4 Å². The Balaban J connectivity index is 1.65. The minimum atomic E-state index is -0.459. The Morgan fingerprint density at radius 1 is 1.17 bits per heavy atom. The van der Waals surface area contributed by atoms with E-state index in [1.165, 1.54) is 6.07 Å². The highest BCUT2D eigenvalue weighted by Gasteiger charge is 2.22. The third-order valence-electron chi connectivity index (χ3n) is 3.50. The number of aromatic nitrogens is 2. The number of nitrogens with two attached hydrogens (primary N) is 1. The Morgan fingerprint density at radius 2 is 1.92 bits per heavy atom. The Bertz CT molecular complexity index is 704. The van der Waals surface area contributed by atoms with Crippen LogP contribution in [0.5, 0.6) is 17.4 Å². The molecular weight excluding hydrogens is 332 g/mol. The highest BCUT2D eigenvalue weighted by atomic mass is 35.5. The Kier molecular flexibility index (Phi) is 5.00. The first kappa shape index (κ1) is 16.3. The third-order valence-corrected chi connectivity index (χ3v) is 3.69. The molecule has 1 unspecified atom stereocenters. The summed E-state index contributed by atoms with van der Waals surface area (Å²) in [5.41, 5.74) is 5.52. The summed E-state index contributed by atoms with van der Waals surface area (Å²) in [6, 6.07) is 8.38. The van der Waals surface area contributed by atoms with Crippen LogP contribution in [0.3, 0.4) is 0 Å². The molecule has 3 rings (SSSR count). The van der Waals surface area contributed by atoms with Crippen LogP contribution in [-0.2, 0) is 4.79 Å². The van der Waals surface area contributed by atoms with E-state index in [4.69, 9.17) is 26.8 Å². The number of hydrogen-bond acceptors (Lipinski definition) is 6. The van der Waals surface area contributed by atoms with Gasteiger partial charge in [0.15, 0.2) is 6.10 Å². The first-order valence-electron chi connectivity index (χ1n) is 7.62. The molecule has 24 heavy (non-hydrogen) atoms. The van der Waals surface area contributed by atoms with E-state index in [1.54, 1.807) is 24.3 Å². The number of nitrogen functional groups attached to an aromatic ring is 1. The fourth-order valence-electron chi connectivity index (χ4n) is 2.36. The molecule has 2 aromatic rings. The number of ether oxygens (including phenoxy) is 2. The number of benzene rings is 1. The highest BCUT2D eigenvalue weighted by Crippen LogP contribution is 2.25. The summed E-state index contributed by atoms with van der Waals surface area (Å²) in [6.07, 6.45) is 2.19. The van der Waals surface area contributed by atoms with Crippen molar-refractivity contribution in [3.8, 4) is 17.4 Å². The number of amides is 1. The van der Waals surface area contributed by atoms with Crippen LogP contribution in [0.25, 0.3) is 0 Å². The molecule has 1 saturated heterocycles. The number of carbonyl (C=O) groups excluding carboxylic acids is 1. The van der Waals surface area contributed by atoms with Gasteiger partial charge in [0.2, 0.25) is 11.8 Å². The van der Waals surface area contributed by atoms with Crippen LogP contribution in [0.15, 0.2) is 30.3 Å². The smallest absolute Gasteiger partial charge is 0.261 e. The lowest BCUT2D eigenvalue weighted by Gasteiger charge is -2.16. The van der Waals surface area contributed by atoms with Crippen LogP contribution in [0, 0.1) is 0 Å².